The number of ether oxygens (including phenoxy) is 2. The van der Waals surface area contributed by atoms with Crippen molar-refractivity contribution in [2.75, 3.05) is 6.61 Å². The molecule has 4 nitrogen and oxygen atoms in total. The van der Waals surface area contributed by atoms with Gasteiger partial charge in [-0.15, -0.1) is 0 Å². The standard InChI is InChI=1S/C27H42O4/c1-15-7-10-27(30-14-15)16(2)24-22(31-27)12-21-19-6-5-17-11-18(28)8-9-25(17,3)20(19)13-23(29)26(21,24)4/h15-17,19-24,29H,5-14H2,1-4H3. The Morgan fingerprint density at radius 1 is 1.03 bits per heavy atom. The molecule has 4 saturated carbocycles. The molecule has 6 aliphatic rings. The van der Waals surface area contributed by atoms with E-state index in [0.717, 1.165) is 45.1 Å². The third-order valence-corrected chi connectivity index (χ3v) is 11.9. The molecule has 0 bridgehead atoms. The van der Waals surface area contributed by atoms with E-state index in [1.54, 1.807) is 0 Å². The number of hydrogen-bond donors (Lipinski definition) is 1. The molecule has 0 amide bonds. The smallest absolute Gasteiger partial charge is 0.171 e. The van der Waals surface area contributed by atoms with E-state index in [1.807, 2.05) is 0 Å². The average molecular weight is 431 g/mol. The van der Waals surface area contributed by atoms with Crippen molar-refractivity contribution in [2.24, 2.45) is 52.3 Å². The number of rotatable bonds is 0. The van der Waals surface area contributed by atoms with Crippen LogP contribution in [0.4, 0.5) is 0 Å². The zero-order chi connectivity index (χ0) is 21.8. The van der Waals surface area contributed by atoms with E-state index in [0.29, 0.717) is 47.2 Å². The lowest BCUT2D eigenvalue weighted by atomic mass is 9.43. The number of Topliss-reactive ketones (excluding diaryl/α,β-unsaturated/α-hetero) is 1. The van der Waals surface area contributed by atoms with E-state index < -0.39 is 5.79 Å². The van der Waals surface area contributed by atoms with Gasteiger partial charge in [0.2, 0.25) is 0 Å². The minimum atomic E-state index is -0.417. The Bertz CT molecular complexity index is 756. The van der Waals surface area contributed by atoms with Crippen LogP contribution in [-0.2, 0) is 14.3 Å². The highest BCUT2D eigenvalue weighted by Crippen LogP contribution is 2.71. The Morgan fingerprint density at radius 2 is 1.84 bits per heavy atom. The monoisotopic (exact) mass is 430 g/mol. The Balaban J connectivity index is 1.30. The first-order valence-electron chi connectivity index (χ1n) is 13.2. The zero-order valence-corrected chi connectivity index (χ0v) is 19.9. The van der Waals surface area contributed by atoms with Gasteiger partial charge in [-0.05, 0) is 73.5 Å². The number of aliphatic hydroxyl groups excluding tert-OH is 1. The molecule has 6 rings (SSSR count). The number of hydrogen-bond acceptors (Lipinski definition) is 4. The van der Waals surface area contributed by atoms with Crippen LogP contribution in [0.1, 0.15) is 85.5 Å². The normalized spacial score (nSPS) is 60.9. The van der Waals surface area contributed by atoms with Crippen LogP contribution in [0.15, 0.2) is 0 Å². The molecular formula is C27H42O4. The van der Waals surface area contributed by atoms with Gasteiger partial charge in [0, 0.05) is 36.5 Å². The van der Waals surface area contributed by atoms with Gasteiger partial charge in [-0.3, -0.25) is 4.79 Å². The van der Waals surface area contributed by atoms with E-state index in [9.17, 15) is 9.90 Å². The van der Waals surface area contributed by atoms with Crippen molar-refractivity contribution < 1.29 is 19.4 Å². The Kier molecular flexibility index (Phi) is 4.62. The van der Waals surface area contributed by atoms with Crippen LogP contribution >= 0.6 is 0 Å². The number of fused-ring (bicyclic) bond motifs is 7. The van der Waals surface area contributed by atoms with Crippen LogP contribution in [0, 0.1) is 52.3 Å². The average Bonchev–Trinajstić information content (AvgIpc) is 3.18. The molecule has 12 atom stereocenters. The van der Waals surface area contributed by atoms with Gasteiger partial charge in [0.25, 0.3) is 0 Å². The molecule has 1 N–H and O–H groups in total. The van der Waals surface area contributed by atoms with Gasteiger partial charge in [-0.2, -0.15) is 0 Å². The summed E-state index contributed by atoms with van der Waals surface area (Å²) in [6, 6.07) is 0. The van der Waals surface area contributed by atoms with Gasteiger partial charge < -0.3 is 14.6 Å². The molecular weight excluding hydrogens is 388 g/mol. The summed E-state index contributed by atoms with van der Waals surface area (Å²) < 4.78 is 13.2. The van der Waals surface area contributed by atoms with Gasteiger partial charge in [-0.1, -0.05) is 27.7 Å². The summed E-state index contributed by atoms with van der Waals surface area (Å²) in [7, 11) is 0. The Hall–Kier alpha value is -0.450. The first kappa shape index (κ1) is 21.1. The molecule has 2 heterocycles. The summed E-state index contributed by atoms with van der Waals surface area (Å²) in [5.74, 6) is 3.69. The molecule has 4 heteroatoms. The molecule has 0 aromatic carbocycles. The summed E-state index contributed by atoms with van der Waals surface area (Å²) in [6.07, 6.45) is 9.12. The molecule has 2 aliphatic heterocycles. The van der Waals surface area contributed by atoms with Crippen LogP contribution < -0.4 is 0 Å². The molecule has 6 fully saturated rings. The summed E-state index contributed by atoms with van der Waals surface area (Å²) in [4.78, 5) is 12.2. The van der Waals surface area contributed by atoms with Crippen molar-refractivity contribution in [3.05, 3.63) is 0 Å². The van der Waals surface area contributed by atoms with Crippen LogP contribution in [0.3, 0.4) is 0 Å². The number of carbonyl (C=O) groups excluding carboxylic acids is 1. The lowest BCUT2D eigenvalue weighted by Gasteiger charge is -2.62. The minimum Gasteiger partial charge on any atom is -0.393 e. The fraction of sp³-hybridized carbons (Fsp3) is 0.963. The van der Waals surface area contributed by atoms with E-state index in [4.69, 9.17) is 9.47 Å². The fourth-order valence-electron chi connectivity index (χ4n) is 10.0. The second kappa shape index (κ2) is 6.79. The number of aliphatic hydroxyl groups is 1. The highest BCUT2D eigenvalue weighted by Gasteiger charge is 2.71. The van der Waals surface area contributed by atoms with Crippen LogP contribution in [-0.4, -0.2) is 35.5 Å². The fourth-order valence-corrected chi connectivity index (χ4v) is 10.0. The van der Waals surface area contributed by atoms with Crippen molar-refractivity contribution in [1.82, 2.24) is 0 Å². The second-order valence-corrected chi connectivity index (χ2v) is 13.0. The van der Waals surface area contributed by atoms with Gasteiger partial charge in [0.15, 0.2) is 5.79 Å². The quantitative estimate of drug-likeness (QED) is 0.589. The maximum atomic E-state index is 12.2. The molecule has 31 heavy (non-hydrogen) atoms. The summed E-state index contributed by atoms with van der Waals surface area (Å²) in [5, 5.41) is 11.8. The zero-order valence-electron chi connectivity index (χ0n) is 19.9. The topological polar surface area (TPSA) is 55.8 Å². The number of ketones is 1. The highest BCUT2D eigenvalue weighted by atomic mass is 16.7. The third kappa shape index (κ3) is 2.68. The first-order valence-corrected chi connectivity index (χ1v) is 13.2. The van der Waals surface area contributed by atoms with E-state index >= 15 is 0 Å². The van der Waals surface area contributed by atoms with Gasteiger partial charge in [0.05, 0.1) is 18.8 Å². The summed E-state index contributed by atoms with van der Waals surface area (Å²) in [6.45, 7) is 10.3. The molecule has 0 aromatic rings. The molecule has 1 spiro atoms. The maximum absolute atomic E-state index is 12.2. The summed E-state index contributed by atoms with van der Waals surface area (Å²) in [5.41, 5.74) is 0.155. The van der Waals surface area contributed by atoms with Crippen molar-refractivity contribution >= 4 is 5.78 Å². The van der Waals surface area contributed by atoms with Gasteiger partial charge in [-0.25, -0.2) is 0 Å². The Morgan fingerprint density at radius 3 is 2.58 bits per heavy atom. The van der Waals surface area contributed by atoms with E-state index in [1.165, 1.54) is 19.3 Å². The first-order chi connectivity index (χ1) is 14.7. The van der Waals surface area contributed by atoms with Crippen molar-refractivity contribution in [2.45, 2.75) is 103 Å². The molecule has 12 unspecified atom stereocenters. The van der Waals surface area contributed by atoms with Gasteiger partial charge in [0.1, 0.15) is 5.78 Å². The predicted octanol–water partition coefficient (Wildman–Crippen LogP) is 4.97. The lowest BCUT2D eigenvalue weighted by Crippen LogP contribution is -2.59. The van der Waals surface area contributed by atoms with Crippen molar-refractivity contribution in [3.63, 3.8) is 0 Å². The molecule has 0 aromatic heterocycles. The van der Waals surface area contributed by atoms with E-state index in [2.05, 4.69) is 27.7 Å². The van der Waals surface area contributed by atoms with Crippen molar-refractivity contribution in [1.29, 1.82) is 0 Å². The third-order valence-electron chi connectivity index (χ3n) is 11.9. The summed E-state index contributed by atoms with van der Waals surface area (Å²) >= 11 is 0. The Labute approximate surface area is 187 Å². The van der Waals surface area contributed by atoms with Crippen LogP contribution in [0.5, 0.6) is 0 Å². The highest BCUT2D eigenvalue weighted by molar-refractivity contribution is 5.79. The lowest BCUT2D eigenvalue weighted by molar-refractivity contribution is -0.274. The molecule has 2 saturated heterocycles. The minimum absolute atomic E-state index is 0.0745. The van der Waals surface area contributed by atoms with Crippen LogP contribution in [0.25, 0.3) is 0 Å². The SMILES string of the molecule is CC1CCC2(OC1)OC1CC3C4CCC5CC(=O)CCC5(C)C4CC(O)C3(C)C1C2C. The van der Waals surface area contributed by atoms with Gasteiger partial charge >= 0.3 is 0 Å². The van der Waals surface area contributed by atoms with E-state index in [-0.39, 0.29) is 23.0 Å². The predicted molar refractivity (Wildman–Crippen MR) is 118 cm³/mol. The molecule has 4 aliphatic carbocycles. The van der Waals surface area contributed by atoms with Crippen LogP contribution in [0.2, 0.25) is 0 Å². The largest absolute Gasteiger partial charge is 0.393 e. The van der Waals surface area contributed by atoms with Crippen molar-refractivity contribution in [3.8, 4) is 0 Å². The second-order valence-electron chi connectivity index (χ2n) is 13.0. The number of carbonyl (C=O) groups is 1. The molecule has 174 valence electrons. The maximum Gasteiger partial charge on any atom is 0.171 e. The molecule has 0 radical (unpaired) electrons.